The van der Waals surface area contributed by atoms with Crippen LogP contribution in [0.25, 0.3) is 0 Å². The number of anilines is 1. The van der Waals surface area contributed by atoms with Gasteiger partial charge in [0.15, 0.2) is 0 Å². The number of sulfonamides is 1. The number of halogens is 2. The number of nitro groups is 1. The van der Waals surface area contributed by atoms with Crippen LogP contribution in [0.2, 0.25) is 0 Å². The summed E-state index contributed by atoms with van der Waals surface area (Å²) in [6.45, 7) is 1.58. The normalized spacial score (nSPS) is 11.2. The van der Waals surface area contributed by atoms with Gasteiger partial charge in [-0.05, 0) is 28.9 Å². The molecule has 0 heterocycles. The number of alkyl halides is 1. The molecule has 9 heteroatoms. The average molecular weight is 388 g/mol. The van der Waals surface area contributed by atoms with E-state index in [1.165, 1.54) is 12.1 Å². The molecule has 1 aromatic rings. The first kappa shape index (κ1) is 14.4. The maximum atomic E-state index is 11.3. The van der Waals surface area contributed by atoms with E-state index in [0.717, 1.165) is 0 Å². The number of aryl methyl sites for hydroxylation is 1. The molecule has 0 saturated carbocycles. The topological polar surface area (TPSA) is 89.3 Å². The molecule has 0 fully saturated rings. The van der Waals surface area contributed by atoms with Gasteiger partial charge in [0.1, 0.15) is 4.66 Å². The summed E-state index contributed by atoms with van der Waals surface area (Å²) in [7, 11) is -3.54. The van der Waals surface area contributed by atoms with Crippen LogP contribution in [-0.2, 0) is 10.0 Å². The molecule has 0 aliphatic heterocycles. The molecule has 0 atom stereocenters. The molecule has 1 N–H and O–H groups in total. The highest BCUT2D eigenvalue weighted by Crippen LogP contribution is 2.31. The zero-order valence-electron chi connectivity index (χ0n) is 8.61. The van der Waals surface area contributed by atoms with E-state index in [1.54, 1.807) is 6.92 Å². The van der Waals surface area contributed by atoms with Crippen molar-refractivity contribution in [2.24, 2.45) is 0 Å². The zero-order valence-corrected chi connectivity index (χ0v) is 12.6. The molecule has 17 heavy (non-hydrogen) atoms. The third-order valence-corrected chi connectivity index (χ3v) is 5.17. The number of hydrogen-bond acceptors (Lipinski definition) is 4. The van der Waals surface area contributed by atoms with Crippen LogP contribution in [0.4, 0.5) is 11.4 Å². The largest absolute Gasteiger partial charge is 0.281 e. The third kappa shape index (κ3) is 3.65. The SMILES string of the molecule is Cc1cc(Br)c(NS(=O)(=O)CBr)cc1[N+](=O)[O-]. The van der Waals surface area contributed by atoms with E-state index < -0.39 is 14.9 Å². The summed E-state index contributed by atoms with van der Waals surface area (Å²) in [4.78, 5) is 10.2. The molecule has 94 valence electrons. The van der Waals surface area contributed by atoms with Gasteiger partial charge in [0.25, 0.3) is 5.69 Å². The molecule has 0 saturated heterocycles. The van der Waals surface area contributed by atoms with Crippen molar-refractivity contribution < 1.29 is 13.3 Å². The van der Waals surface area contributed by atoms with Gasteiger partial charge in [-0.2, -0.15) is 0 Å². The van der Waals surface area contributed by atoms with E-state index >= 15 is 0 Å². The van der Waals surface area contributed by atoms with E-state index in [-0.39, 0.29) is 16.0 Å². The smallest absolute Gasteiger partial charge is 0.274 e. The third-order valence-electron chi connectivity index (χ3n) is 1.89. The Kier molecular flexibility index (Phi) is 4.50. The van der Waals surface area contributed by atoms with E-state index in [4.69, 9.17) is 0 Å². The van der Waals surface area contributed by atoms with Crippen LogP contribution in [-0.4, -0.2) is 18.0 Å². The lowest BCUT2D eigenvalue weighted by molar-refractivity contribution is -0.385. The Bertz CT molecular complexity index is 559. The van der Waals surface area contributed by atoms with Crippen molar-refractivity contribution in [2.45, 2.75) is 6.92 Å². The second kappa shape index (κ2) is 5.32. The molecule has 0 bridgehead atoms. The number of rotatable bonds is 4. The summed E-state index contributed by atoms with van der Waals surface area (Å²) < 4.78 is 25.1. The van der Waals surface area contributed by atoms with Crippen molar-refractivity contribution >= 4 is 53.3 Å². The summed E-state index contributed by atoms with van der Waals surface area (Å²) in [5, 5.41) is 10.7. The molecule has 1 rings (SSSR count). The summed E-state index contributed by atoms with van der Waals surface area (Å²) in [6.07, 6.45) is 0. The maximum absolute atomic E-state index is 11.3. The fourth-order valence-corrected chi connectivity index (χ4v) is 2.72. The van der Waals surface area contributed by atoms with E-state index in [2.05, 4.69) is 36.6 Å². The molecule has 0 aromatic heterocycles. The monoisotopic (exact) mass is 386 g/mol. The summed E-state index contributed by atoms with van der Waals surface area (Å²) in [5.74, 6) is 0. The molecule has 0 aliphatic carbocycles. The van der Waals surface area contributed by atoms with Crippen molar-refractivity contribution in [1.29, 1.82) is 0 Å². The molecule has 0 aliphatic rings. The summed E-state index contributed by atoms with van der Waals surface area (Å²) in [6, 6.07) is 2.67. The minimum atomic E-state index is -3.54. The van der Waals surface area contributed by atoms with Crippen LogP contribution < -0.4 is 4.72 Å². The predicted molar refractivity (Wildman–Crippen MR) is 71.9 cm³/mol. The van der Waals surface area contributed by atoms with Crippen LogP contribution in [0.3, 0.4) is 0 Å². The fourth-order valence-electron chi connectivity index (χ4n) is 1.13. The number of nitrogens with one attached hydrogen (secondary N) is 1. The highest BCUT2D eigenvalue weighted by molar-refractivity contribution is 9.11. The Morgan fingerprint density at radius 2 is 2.06 bits per heavy atom. The first-order chi connectivity index (χ1) is 7.76. The second-order valence-electron chi connectivity index (χ2n) is 3.20. The van der Waals surface area contributed by atoms with Crippen molar-refractivity contribution in [1.82, 2.24) is 0 Å². The molecule has 0 unspecified atom stereocenters. The number of hydrogen-bond donors (Lipinski definition) is 1. The van der Waals surface area contributed by atoms with Gasteiger partial charge < -0.3 is 0 Å². The van der Waals surface area contributed by atoms with E-state index in [0.29, 0.717) is 10.0 Å². The van der Waals surface area contributed by atoms with Gasteiger partial charge in [-0.25, -0.2) is 8.42 Å². The van der Waals surface area contributed by atoms with Gasteiger partial charge in [-0.3, -0.25) is 14.8 Å². The van der Waals surface area contributed by atoms with Crippen molar-refractivity contribution in [3.63, 3.8) is 0 Å². The molecule has 6 nitrogen and oxygen atoms in total. The van der Waals surface area contributed by atoms with Gasteiger partial charge >= 0.3 is 0 Å². The first-order valence-corrected chi connectivity index (χ1v) is 7.84. The molecular weight excluding hydrogens is 380 g/mol. The van der Waals surface area contributed by atoms with Gasteiger partial charge in [0, 0.05) is 16.1 Å². The van der Waals surface area contributed by atoms with Crippen LogP contribution >= 0.6 is 31.9 Å². The molecule has 1 aromatic carbocycles. The highest BCUT2D eigenvalue weighted by Gasteiger charge is 2.17. The Labute approximate surface area is 115 Å². The van der Waals surface area contributed by atoms with Crippen molar-refractivity contribution in [3.05, 3.63) is 32.3 Å². The second-order valence-corrected chi connectivity index (χ2v) is 7.08. The number of nitrogens with zero attached hydrogens (tertiary/aromatic N) is 1. The molecule has 0 spiro atoms. The first-order valence-electron chi connectivity index (χ1n) is 4.28. The van der Waals surface area contributed by atoms with Crippen LogP contribution in [0.15, 0.2) is 16.6 Å². The van der Waals surface area contributed by atoms with Crippen LogP contribution in [0, 0.1) is 17.0 Å². The van der Waals surface area contributed by atoms with Gasteiger partial charge in [0.2, 0.25) is 10.0 Å². The van der Waals surface area contributed by atoms with Crippen molar-refractivity contribution in [3.8, 4) is 0 Å². The van der Waals surface area contributed by atoms with Crippen molar-refractivity contribution in [2.75, 3.05) is 9.38 Å². The lowest BCUT2D eigenvalue weighted by Gasteiger charge is -2.08. The zero-order chi connectivity index (χ0) is 13.2. The number of nitro benzene ring substituents is 1. The quantitative estimate of drug-likeness (QED) is 0.488. The molecular formula is C8H8Br2N2O4S. The molecule has 0 amide bonds. The lowest BCUT2D eigenvalue weighted by Crippen LogP contribution is -2.13. The number of benzene rings is 1. The van der Waals surface area contributed by atoms with E-state index in [9.17, 15) is 18.5 Å². The standard InChI is InChI=1S/C8H8Br2N2O4S/c1-5-2-6(10)7(3-8(5)12(13)14)11-17(15,16)4-9/h2-3,11H,4H2,1H3. The average Bonchev–Trinajstić information content (AvgIpc) is 2.21. The Morgan fingerprint density at radius 3 is 2.53 bits per heavy atom. The van der Waals surface area contributed by atoms with E-state index in [1.807, 2.05) is 0 Å². The summed E-state index contributed by atoms with van der Waals surface area (Å²) in [5.41, 5.74) is 0.450. The van der Waals surface area contributed by atoms with Gasteiger partial charge in [-0.15, -0.1) is 0 Å². The van der Waals surface area contributed by atoms with Crippen LogP contribution in [0.1, 0.15) is 5.56 Å². The highest BCUT2D eigenvalue weighted by atomic mass is 79.9. The minimum Gasteiger partial charge on any atom is -0.281 e. The fraction of sp³-hybridized carbons (Fsp3) is 0.250. The Morgan fingerprint density at radius 1 is 1.47 bits per heavy atom. The predicted octanol–water partition coefficient (Wildman–Crippen LogP) is 2.76. The van der Waals surface area contributed by atoms with Gasteiger partial charge in [-0.1, -0.05) is 15.9 Å². The van der Waals surface area contributed by atoms with Crippen LogP contribution in [0.5, 0.6) is 0 Å². The maximum Gasteiger partial charge on any atom is 0.274 e. The Hall–Kier alpha value is -0.670. The Balaban J connectivity index is 3.26. The molecule has 0 radical (unpaired) electrons. The summed E-state index contributed by atoms with van der Waals surface area (Å²) >= 11 is 5.96. The minimum absolute atomic E-state index is 0.138. The van der Waals surface area contributed by atoms with Gasteiger partial charge in [0.05, 0.1) is 10.6 Å². The lowest BCUT2D eigenvalue weighted by atomic mass is 10.2.